The van der Waals surface area contributed by atoms with Gasteiger partial charge >= 0.3 is 0 Å². The van der Waals surface area contributed by atoms with E-state index in [0.717, 1.165) is 58.4 Å². The number of hydrogen-bond donors (Lipinski definition) is 2. The Kier molecular flexibility index (Phi) is 14.9. The maximum Gasteiger partial charge on any atom is 0.191 e. The second-order valence-electron chi connectivity index (χ2n) is 7.08. The Labute approximate surface area is 171 Å². The molecule has 0 aromatic heterocycles. The molecule has 1 heterocycles. The van der Waals surface area contributed by atoms with Crippen LogP contribution in [0.5, 0.6) is 0 Å². The van der Waals surface area contributed by atoms with Crippen LogP contribution in [-0.2, 0) is 9.47 Å². The Bertz CT molecular complexity index is 348. The summed E-state index contributed by atoms with van der Waals surface area (Å²) >= 11 is 0. The van der Waals surface area contributed by atoms with E-state index in [9.17, 15) is 0 Å². The van der Waals surface area contributed by atoms with Gasteiger partial charge in [-0.05, 0) is 32.6 Å². The van der Waals surface area contributed by atoms with E-state index in [-0.39, 0.29) is 24.0 Å². The van der Waals surface area contributed by atoms with Gasteiger partial charge in [0, 0.05) is 45.9 Å². The fourth-order valence-electron chi connectivity index (χ4n) is 2.88. The molecular formula is C18H39IN4O2. The van der Waals surface area contributed by atoms with Gasteiger partial charge in [-0.15, -0.1) is 24.0 Å². The zero-order valence-electron chi connectivity index (χ0n) is 16.7. The van der Waals surface area contributed by atoms with Crippen molar-refractivity contribution in [3.63, 3.8) is 0 Å². The number of guanidine groups is 1. The SMILES string of the molecule is CN=C(NCCCOC(C)C)NCC(CC(C)C)N1CCOCC1.I. The first kappa shape index (κ1) is 24.9. The molecule has 150 valence electrons. The average molecular weight is 470 g/mol. The monoisotopic (exact) mass is 470 g/mol. The molecule has 1 aliphatic heterocycles. The standard InChI is InChI=1S/C18H38N4O2.HI/c1-15(2)13-17(22-8-11-23-12-9-22)14-21-18(19-5)20-7-6-10-24-16(3)4;/h15-17H,6-14H2,1-5H3,(H2,19,20,21);1H. The summed E-state index contributed by atoms with van der Waals surface area (Å²) in [6.45, 7) is 15.0. The molecule has 1 saturated heterocycles. The van der Waals surface area contributed by atoms with Crippen molar-refractivity contribution in [2.45, 2.75) is 52.7 Å². The van der Waals surface area contributed by atoms with Crippen LogP contribution in [0, 0.1) is 5.92 Å². The quantitative estimate of drug-likeness (QED) is 0.222. The molecule has 0 aromatic carbocycles. The molecule has 0 saturated carbocycles. The minimum atomic E-state index is 0. The maximum absolute atomic E-state index is 5.56. The van der Waals surface area contributed by atoms with Crippen molar-refractivity contribution in [1.29, 1.82) is 0 Å². The summed E-state index contributed by atoms with van der Waals surface area (Å²) in [4.78, 5) is 6.87. The summed E-state index contributed by atoms with van der Waals surface area (Å²) in [5, 5.41) is 6.86. The molecule has 25 heavy (non-hydrogen) atoms. The molecule has 0 bridgehead atoms. The lowest BCUT2D eigenvalue weighted by molar-refractivity contribution is 0.0132. The van der Waals surface area contributed by atoms with Crippen LogP contribution in [0.1, 0.15) is 40.5 Å². The summed E-state index contributed by atoms with van der Waals surface area (Å²) < 4.78 is 11.0. The molecule has 1 aliphatic rings. The van der Waals surface area contributed by atoms with E-state index in [1.54, 1.807) is 0 Å². The topological polar surface area (TPSA) is 58.1 Å². The zero-order valence-corrected chi connectivity index (χ0v) is 19.0. The van der Waals surface area contributed by atoms with Crippen LogP contribution >= 0.6 is 24.0 Å². The van der Waals surface area contributed by atoms with Crippen LogP contribution in [0.25, 0.3) is 0 Å². The molecule has 0 aromatic rings. The first-order valence-corrected chi connectivity index (χ1v) is 9.40. The van der Waals surface area contributed by atoms with Crippen LogP contribution in [-0.4, -0.2) is 76.1 Å². The van der Waals surface area contributed by atoms with Gasteiger partial charge in [0.15, 0.2) is 5.96 Å². The number of rotatable bonds is 10. The average Bonchev–Trinajstić information content (AvgIpc) is 2.56. The molecule has 7 heteroatoms. The number of aliphatic imine (C=N–C) groups is 1. The van der Waals surface area contributed by atoms with Crippen LogP contribution in [0.3, 0.4) is 0 Å². The number of hydrogen-bond acceptors (Lipinski definition) is 4. The Hall–Kier alpha value is -0.120. The van der Waals surface area contributed by atoms with Crippen LogP contribution < -0.4 is 10.6 Å². The largest absolute Gasteiger partial charge is 0.379 e. The summed E-state index contributed by atoms with van der Waals surface area (Å²) in [6.07, 6.45) is 2.47. The molecule has 0 amide bonds. The van der Waals surface area contributed by atoms with Crippen LogP contribution in [0.2, 0.25) is 0 Å². The summed E-state index contributed by atoms with van der Waals surface area (Å²) in [7, 11) is 1.83. The van der Waals surface area contributed by atoms with E-state index in [1.807, 2.05) is 7.05 Å². The highest BCUT2D eigenvalue weighted by molar-refractivity contribution is 14.0. The first-order valence-electron chi connectivity index (χ1n) is 9.40. The highest BCUT2D eigenvalue weighted by Gasteiger charge is 2.22. The van der Waals surface area contributed by atoms with Gasteiger partial charge in [-0.1, -0.05) is 13.8 Å². The van der Waals surface area contributed by atoms with E-state index in [0.29, 0.717) is 18.1 Å². The summed E-state index contributed by atoms with van der Waals surface area (Å²) in [5.41, 5.74) is 0. The molecule has 2 N–H and O–H groups in total. The second-order valence-corrected chi connectivity index (χ2v) is 7.08. The molecule has 1 rings (SSSR count). The Morgan fingerprint density at radius 2 is 1.84 bits per heavy atom. The molecule has 1 unspecified atom stereocenters. The molecule has 0 radical (unpaired) electrons. The molecule has 1 fully saturated rings. The summed E-state index contributed by atoms with van der Waals surface area (Å²) in [5.74, 6) is 1.56. The van der Waals surface area contributed by atoms with Gasteiger partial charge in [-0.25, -0.2) is 0 Å². The minimum Gasteiger partial charge on any atom is -0.379 e. The lowest BCUT2D eigenvalue weighted by atomic mass is 10.0. The zero-order chi connectivity index (χ0) is 17.8. The van der Waals surface area contributed by atoms with Crippen molar-refractivity contribution >= 4 is 29.9 Å². The van der Waals surface area contributed by atoms with E-state index < -0.39 is 0 Å². The molecule has 0 spiro atoms. The van der Waals surface area contributed by atoms with Crippen molar-refractivity contribution in [3.8, 4) is 0 Å². The van der Waals surface area contributed by atoms with Gasteiger partial charge in [0.05, 0.1) is 19.3 Å². The van der Waals surface area contributed by atoms with Crippen LogP contribution in [0.15, 0.2) is 4.99 Å². The van der Waals surface area contributed by atoms with Gasteiger partial charge in [-0.2, -0.15) is 0 Å². The highest BCUT2D eigenvalue weighted by Crippen LogP contribution is 2.12. The van der Waals surface area contributed by atoms with Crippen molar-refractivity contribution in [1.82, 2.24) is 15.5 Å². The van der Waals surface area contributed by atoms with E-state index in [4.69, 9.17) is 9.47 Å². The third-order valence-corrected chi connectivity index (χ3v) is 4.10. The first-order chi connectivity index (χ1) is 11.5. The number of morpholine rings is 1. The minimum absolute atomic E-state index is 0. The van der Waals surface area contributed by atoms with Crippen LogP contribution in [0.4, 0.5) is 0 Å². The van der Waals surface area contributed by atoms with Crippen molar-refractivity contribution in [3.05, 3.63) is 0 Å². The maximum atomic E-state index is 5.56. The summed E-state index contributed by atoms with van der Waals surface area (Å²) in [6, 6.07) is 0.525. The number of ether oxygens (including phenoxy) is 2. The fourth-order valence-corrected chi connectivity index (χ4v) is 2.88. The van der Waals surface area contributed by atoms with Crippen molar-refractivity contribution in [2.75, 3.05) is 53.0 Å². The lowest BCUT2D eigenvalue weighted by Crippen LogP contribution is -2.51. The normalized spacial score (nSPS) is 17.5. The number of nitrogens with zero attached hydrogens (tertiary/aromatic N) is 2. The van der Waals surface area contributed by atoms with Gasteiger partial charge in [-0.3, -0.25) is 9.89 Å². The lowest BCUT2D eigenvalue weighted by Gasteiger charge is -2.35. The van der Waals surface area contributed by atoms with E-state index >= 15 is 0 Å². The third-order valence-electron chi connectivity index (χ3n) is 4.10. The Morgan fingerprint density at radius 3 is 2.40 bits per heavy atom. The van der Waals surface area contributed by atoms with Gasteiger partial charge < -0.3 is 20.1 Å². The van der Waals surface area contributed by atoms with Gasteiger partial charge in [0.1, 0.15) is 0 Å². The molecule has 0 aliphatic carbocycles. The molecule has 1 atom stereocenters. The van der Waals surface area contributed by atoms with Gasteiger partial charge in [0.2, 0.25) is 0 Å². The number of halogens is 1. The number of nitrogens with one attached hydrogen (secondary N) is 2. The Balaban J connectivity index is 0.00000576. The second kappa shape index (κ2) is 15.0. The van der Waals surface area contributed by atoms with Crippen molar-refractivity contribution in [2.24, 2.45) is 10.9 Å². The van der Waals surface area contributed by atoms with Gasteiger partial charge in [0.25, 0.3) is 0 Å². The van der Waals surface area contributed by atoms with E-state index in [1.165, 1.54) is 6.42 Å². The molecule has 6 nitrogen and oxygen atoms in total. The smallest absolute Gasteiger partial charge is 0.191 e. The third kappa shape index (κ3) is 12.0. The highest BCUT2D eigenvalue weighted by atomic mass is 127. The molecular weight excluding hydrogens is 431 g/mol. The fraction of sp³-hybridized carbons (Fsp3) is 0.944. The predicted molar refractivity (Wildman–Crippen MR) is 116 cm³/mol. The van der Waals surface area contributed by atoms with Crippen molar-refractivity contribution < 1.29 is 9.47 Å². The predicted octanol–water partition coefficient (Wildman–Crippen LogP) is 2.33. The Morgan fingerprint density at radius 1 is 1.16 bits per heavy atom. The van der Waals surface area contributed by atoms with E-state index in [2.05, 4.69) is 48.2 Å².